The van der Waals surface area contributed by atoms with E-state index in [1.54, 1.807) is 12.5 Å². The molecule has 100 valence electrons. The van der Waals surface area contributed by atoms with E-state index < -0.39 is 0 Å². The normalized spacial score (nSPS) is 11.8. The second-order valence-corrected chi connectivity index (χ2v) is 4.71. The Morgan fingerprint density at radius 2 is 2.10 bits per heavy atom. The Kier molecular flexibility index (Phi) is 1.81. The lowest BCUT2D eigenvalue weighted by molar-refractivity contribution is 0.722. The van der Waals surface area contributed by atoms with Crippen LogP contribution in [0.3, 0.4) is 0 Å². The molecule has 4 heterocycles. The number of aromatic nitrogens is 8. The van der Waals surface area contributed by atoms with Gasteiger partial charge in [0.15, 0.2) is 5.82 Å². The number of fused-ring (bicyclic) bond motifs is 5. The van der Waals surface area contributed by atoms with Crippen LogP contribution in [0.15, 0.2) is 43.0 Å². The fourth-order valence-corrected chi connectivity index (χ4v) is 2.65. The first-order valence-electron chi connectivity index (χ1n) is 6.39. The lowest BCUT2D eigenvalue weighted by Gasteiger charge is -2.03. The number of aromatic amines is 1. The maximum atomic E-state index is 4.51. The monoisotopic (exact) mass is 276 g/mol. The van der Waals surface area contributed by atoms with Crippen LogP contribution in [-0.4, -0.2) is 39.8 Å². The number of hydrogen-bond acceptors (Lipinski definition) is 5. The summed E-state index contributed by atoms with van der Waals surface area (Å²) in [6.07, 6.45) is 5.27. The molecule has 1 aromatic carbocycles. The molecule has 0 radical (unpaired) electrons. The smallest absolute Gasteiger partial charge is 0.224 e. The zero-order chi connectivity index (χ0) is 13.8. The summed E-state index contributed by atoms with van der Waals surface area (Å²) in [6, 6.07) is 8.06. The van der Waals surface area contributed by atoms with Gasteiger partial charge in [-0.05, 0) is 16.5 Å². The first kappa shape index (κ1) is 10.5. The Balaban J connectivity index is 2.10. The van der Waals surface area contributed by atoms with E-state index in [9.17, 15) is 0 Å². The molecule has 0 saturated carbocycles. The van der Waals surface area contributed by atoms with Crippen LogP contribution >= 0.6 is 0 Å². The molecular formula is C13H8N8. The number of tetrazole rings is 1. The fourth-order valence-electron chi connectivity index (χ4n) is 2.65. The van der Waals surface area contributed by atoms with Crippen LogP contribution in [0.4, 0.5) is 0 Å². The Labute approximate surface area is 117 Å². The highest BCUT2D eigenvalue weighted by Gasteiger charge is 2.17. The average molecular weight is 276 g/mol. The third-order valence-electron chi connectivity index (χ3n) is 3.55. The second-order valence-electron chi connectivity index (χ2n) is 4.71. The Morgan fingerprint density at radius 1 is 1.14 bits per heavy atom. The molecule has 0 bridgehead atoms. The van der Waals surface area contributed by atoms with Crippen molar-refractivity contribution in [1.29, 1.82) is 0 Å². The first-order chi connectivity index (χ1) is 10.4. The Bertz CT molecular complexity index is 1090. The summed E-state index contributed by atoms with van der Waals surface area (Å²) >= 11 is 0. The molecule has 21 heavy (non-hydrogen) atoms. The Morgan fingerprint density at radius 3 is 3.00 bits per heavy atom. The van der Waals surface area contributed by atoms with Gasteiger partial charge in [-0.1, -0.05) is 18.2 Å². The molecule has 8 heteroatoms. The molecule has 0 unspecified atom stereocenters. The van der Waals surface area contributed by atoms with Gasteiger partial charge in [0.2, 0.25) is 5.65 Å². The van der Waals surface area contributed by atoms with E-state index in [-0.39, 0.29) is 0 Å². The first-order valence-corrected chi connectivity index (χ1v) is 6.39. The zero-order valence-corrected chi connectivity index (χ0v) is 10.7. The number of nitrogens with one attached hydrogen (secondary N) is 1. The summed E-state index contributed by atoms with van der Waals surface area (Å²) in [5, 5.41) is 18.2. The highest BCUT2D eigenvalue weighted by atomic mass is 15.6. The number of H-pyrrole nitrogens is 1. The number of hydrogen-bond donors (Lipinski definition) is 1. The minimum atomic E-state index is 0.602. The van der Waals surface area contributed by atoms with Gasteiger partial charge in [0.05, 0.1) is 10.9 Å². The van der Waals surface area contributed by atoms with Crippen molar-refractivity contribution in [3.05, 3.63) is 43.0 Å². The van der Waals surface area contributed by atoms with Crippen molar-refractivity contribution in [3.63, 3.8) is 0 Å². The van der Waals surface area contributed by atoms with Gasteiger partial charge in [-0.2, -0.15) is 0 Å². The third kappa shape index (κ3) is 1.30. The SMILES string of the molecule is c1ccc2c(c1)[nH]c1c2c(-n2ccnc2)nn2nnnc12. The highest BCUT2D eigenvalue weighted by molar-refractivity contribution is 6.14. The van der Waals surface area contributed by atoms with Crippen LogP contribution in [0.2, 0.25) is 0 Å². The maximum Gasteiger partial charge on any atom is 0.224 e. The maximum absolute atomic E-state index is 4.51. The molecule has 5 aromatic rings. The van der Waals surface area contributed by atoms with Crippen LogP contribution in [0.5, 0.6) is 0 Å². The van der Waals surface area contributed by atoms with Gasteiger partial charge in [0, 0.05) is 23.3 Å². The highest BCUT2D eigenvalue weighted by Crippen LogP contribution is 2.30. The lowest BCUT2D eigenvalue weighted by atomic mass is 10.2. The summed E-state index contributed by atoms with van der Waals surface area (Å²) < 4.78 is 3.27. The van der Waals surface area contributed by atoms with E-state index in [0.29, 0.717) is 5.65 Å². The molecule has 4 aromatic heterocycles. The van der Waals surface area contributed by atoms with Crippen LogP contribution in [0.1, 0.15) is 0 Å². The van der Waals surface area contributed by atoms with Gasteiger partial charge < -0.3 is 4.98 Å². The van der Waals surface area contributed by atoms with Gasteiger partial charge in [0.25, 0.3) is 0 Å². The predicted octanol–water partition coefficient (Wildman–Crippen LogP) is 1.34. The van der Waals surface area contributed by atoms with Gasteiger partial charge in [-0.25, -0.2) is 4.98 Å². The topological polar surface area (TPSA) is 89.6 Å². The van der Waals surface area contributed by atoms with Gasteiger partial charge in [-0.3, -0.25) is 4.57 Å². The van der Waals surface area contributed by atoms with Crippen molar-refractivity contribution in [2.24, 2.45) is 0 Å². The molecular weight excluding hydrogens is 268 g/mol. The molecule has 0 aliphatic carbocycles. The molecule has 0 saturated heterocycles. The number of nitrogens with zero attached hydrogens (tertiary/aromatic N) is 7. The quantitative estimate of drug-likeness (QED) is 0.499. The second kappa shape index (κ2) is 3.63. The molecule has 0 aliphatic heterocycles. The van der Waals surface area contributed by atoms with Crippen molar-refractivity contribution >= 4 is 27.5 Å². The van der Waals surface area contributed by atoms with Crippen molar-refractivity contribution in [2.45, 2.75) is 0 Å². The molecule has 8 nitrogen and oxygen atoms in total. The minimum absolute atomic E-state index is 0.602. The molecule has 0 atom stereocenters. The van der Waals surface area contributed by atoms with Gasteiger partial charge >= 0.3 is 0 Å². The van der Waals surface area contributed by atoms with E-state index in [2.05, 4.69) is 36.7 Å². The van der Waals surface area contributed by atoms with Crippen LogP contribution in [0, 0.1) is 0 Å². The number of benzene rings is 1. The van der Waals surface area contributed by atoms with Crippen LogP contribution < -0.4 is 0 Å². The predicted molar refractivity (Wildman–Crippen MR) is 75.1 cm³/mol. The standard InChI is InChI=1S/C13H8N8/c1-2-4-9-8(3-1)10-11(15-9)13-16-18-19-21(13)17-12(10)20-6-5-14-7-20/h1-7,15H. The van der Waals surface area contributed by atoms with Gasteiger partial charge in [-0.15, -0.1) is 14.8 Å². The molecule has 1 N–H and O–H groups in total. The summed E-state index contributed by atoms with van der Waals surface area (Å²) in [4.78, 5) is 7.46. The largest absolute Gasteiger partial charge is 0.351 e. The molecule has 0 spiro atoms. The zero-order valence-electron chi connectivity index (χ0n) is 10.7. The summed E-state index contributed by atoms with van der Waals surface area (Å²) in [5.41, 5.74) is 2.48. The number of imidazole rings is 1. The van der Waals surface area contributed by atoms with Gasteiger partial charge in [0.1, 0.15) is 6.33 Å². The number of para-hydroxylation sites is 1. The molecule has 0 amide bonds. The van der Waals surface area contributed by atoms with E-state index in [1.165, 1.54) is 4.63 Å². The average Bonchev–Trinajstić information content (AvgIpc) is 3.24. The molecule has 0 fully saturated rings. The van der Waals surface area contributed by atoms with E-state index in [1.807, 2.05) is 29.0 Å². The van der Waals surface area contributed by atoms with E-state index in [4.69, 9.17) is 0 Å². The summed E-state index contributed by atoms with van der Waals surface area (Å²) in [6.45, 7) is 0. The van der Waals surface area contributed by atoms with Crippen LogP contribution in [0.25, 0.3) is 33.3 Å². The van der Waals surface area contributed by atoms with Crippen molar-refractivity contribution in [3.8, 4) is 5.82 Å². The number of rotatable bonds is 1. The third-order valence-corrected chi connectivity index (χ3v) is 3.55. The molecule has 0 aliphatic rings. The van der Waals surface area contributed by atoms with Crippen molar-refractivity contribution in [1.82, 2.24) is 39.8 Å². The van der Waals surface area contributed by atoms with Crippen LogP contribution in [-0.2, 0) is 0 Å². The Hall–Kier alpha value is -3.29. The fraction of sp³-hybridized carbons (Fsp3) is 0. The lowest BCUT2D eigenvalue weighted by Crippen LogP contribution is -2.03. The summed E-state index contributed by atoms with van der Waals surface area (Å²) in [7, 11) is 0. The minimum Gasteiger partial charge on any atom is -0.351 e. The molecule has 5 rings (SSSR count). The van der Waals surface area contributed by atoms with Crippen molar-refractivity contribution < 1.29 is 0 Å². The van der Waals surface area contributed by atoms with Crippen molar-refractivity contribution in [2.75, 3.05) is 0 Å². The van der Waals surface area contributed by atoms with E-state index >= 15 is 0 Å². The summed E-state index contributed by atoms with van der Waals surface area (Å²) in [5.74, 6) is 0.736. The van der Waals surface area contributed by atoms with E-state index in [0.717, 1.165) is 27.6 Å².